The minimum atomic E-state index is -1.80. The van der Waals surface area contributed by atoms with Gasteiger partial charge in [-0.2, -0.15) is 0 Å². The minimum absolute atomic E-state index is 0.831. The molecule has 92 valence electrons. The predicted molar refractivity (Wildman–Crippen MR) is 75.4 cm³/mol. The van der Waals surface area contributed by atoms with Crippen molar-refractivity contribution in [3.8, 4) is 0 Å². The lowest BCUT2D eigenvalue weighted by Crippen LogP contribution is -2.21. The molecule has 0 radical (unpaired) electrons. The molecular weight excluding hydrogens is 389 g/mol. The van der Waals surface area contributed by atoms with Crippen LogP contribution in [0.1, 0.15) is 0 Å². The molecule has 11 heteroatoms. The van der Waals surface area contributed by atoms with Crippen LogP contribution < -0.4 is 0 Å². The third-order valence-corrected chi connectivity index (χ3v) is 7.05. The molecular formula is C4H4Cl6O2S3. The maximum absolute atomic E-state index is 9.25. The zero-order valence-corrected chi connectivity index (χ0v) is 13.5. The second kappa shape index (κ2) is 7.34. The van der Waals surface area contributed by atoms with Crippen molar-refractivity contribution in [3.05, 3.63) is 0 Å². The first-order valence-corrected chi connectivity index (χ1v) is 8.91. The van der Waals surface area contributed by atoms with Crippen molar-refractivity contribution in [1.82, 2.24) is 0 Å². The van der Waals surface area contributed by atoms with Gasteiger partial charge in [0.1, 0.15) is 0 Å². The van der Waals surface area contributed by atoms with Gasteiger partial charge in [-0.3, -0.25) is 0 Å². The number of rotatable bonds is 4. The van der Waals surface area contributed by atoms with E-state index in [0.29, 0.717) is 0 Å². The normalized spacial score (nSPS) is 17.6. The van der Waals surface area contributed by atoms with Crippen LogP contribution in [0.15, 0.2) is 0 Å². The summed E-state index contributed by atoms with van der Waals surface area (Å²) in [6.07, 6.45) is 0. The highest BCUT2D eigenvalue weighted by molar-refractivity contribution is 9.09. The Morgan fingerprint density at radius 1 is 0.733 bits per heavy atom. The average Bonchev–Trinajstić information content (AvgIpc) is 2.00. The van der Waals surface area contributed by atoms with E-state index in [1.165, 1.54) is 0 Å². The summed E-state index contributed by atoms with van der Waals surface area (Å²) in [6.45, 7) is 0. The molecule has 2 N–H and O–H groups in total. The molecule has 0 aromatic heterocycles. The van der Waals surface area contributed by atoms with Crippen LogP contribution in [0.4, 0.5) is 0 Å². The van der Waals surface area contributed by atoms with Gasteiger partial charge in [-0.1, -0.05) is 69.6 Å². The van der Waals surface area contributed by atoms with E-state index in [1.807, 2.05) is 0 Å². The second-order valence-electron chi connectivity index (χ2n) is 2.05. The summed E-state index contributed by atoms with van der Waals surface area (Å²) in [7, 11) is 2.61. The van der Waals surface area contributed by atoms with E-state index in [9.17, 15) is 10.2 Å². The smallest absolute Gasteiger partial charge is 0.226 e. The largest absolute Gasteiger partial charge is 0.377 e. The monoisotopic (exact) mass is 390 g/mol. The number of alkyl halides is 6. The lowest BCUT2D eigenvalue weighted by molar-refractivity contribution is 0.269. The Morgan fingerprint density at radius 2 is 1.00 bits per heavy atom. The topological polar surface area (TPSA) is 40.5 Å². The molecule has 0 aromatic carbocycles. The molecule has 0 saturated carbocycles. The van der Waals surface area contributed by atoms with E-state index < -0.39 is 18.5 Å². The van der Waals surface area contributed by atoms with Crippen molar-refractivity contribution < 1.29 is 10.2 Å². The molecule has 0 aromatic rings. The van der Waals surface area contributed by atoms with Gasteiger partial charge in [0.25, 0.3) is 0 Å². The van der Waals surface area contributed by atoms with Crippen LogP contribution in [0.3, 0.4) is 0 Å². The zero-order valence-electron chi connectivity index (χ0n) is 6.54. The Labute approximate surface area is 128 Å². The van der Waals surface area contributed by atoms with Crippen molar-refractivity contribution in [2.24, 2.45) is 0 Å². The van der Waals surface area contributed by atoms with Crippen molar-refractivity contribution in [2.75, 3.05) is 0 Å². The summed E-state index contributed by atoms with van der Waals surface area (Å²) in [5.41, 5.74) is -2.50. The quantitative estimate of drug-likeness (QED) is 0.421. The number of hydrogen-bond acceptors (Lipinski definition) is 5. The van der Waals surface area contributed by atoms with Gasteiger partial charge >= 0.3 is 0 Å². The summed E-state index contributed by atoms with van der Waals surface area (Å²) >= 11 is 32.3. The lowest BCUT2D eigenvalue weighted by Gasteiger charge is -2.20. The van der Waals surface area contributed by atoms with Gasteiger partial charge in [0.05, 0.1) is 0 Å². The lowest BCUT2D eigenvalue weighted by atomic mass is 10.8. The SMILES string of the molecule is OC(SSSC(O)C(Cl)(Cl)Cl)C(Cl)(Cl)Cl. The molecule has 0 saturated heterocycles. The molecule has 0 aliphatic rings. The van der Waals surface area contributed by atoms with Crippen molar-refractivity contribution in [1.29, 1.82) is 0 Å². The highest BCUT2D eigenvalue weighted by Crippen LogP contribution is 2.49. The Morgan fingerprint density at radius 3 is 1.20 bits per heavy atom. The maximum atomic E-state index is 9.25. The number of aliphatic hydroxyl groups excluding tert-OH is 2. The fraction of sp³-hybridized carbons (Fsp3) is 1.00. The summed E-state index contributed by atoms with van der Waals surface area (Å²) in [5.74, 6) is 0. The Bertz CT molecular complexity index is 174. The molecule has 0 amide bonds. The fourth-order valence-corrected chi connectivity index (χ4v) is 5.57. The van der Waals surface area contributed by atoms with Crippen LogP contribution in [0.25, 0.3) is 0 Å². The Balaban J connectivity index is 3.81. The first-order valence-electron chi connectivity index (χ1n) is 3.03. The standard InChI is InChI=1S/C4H4Cl6O2S3/c5-3(6,7)1(11)13-15-14-2(12)4(8,9)10/h1-2,11-12H. The number of aliphatic hydroxyl groups is 2. The summed E-state index contributed by atoms with van der Waals surface area (Å²) in [4.78, 5) is 0. The van der Waals surface area contributed by atoms with Crippen LogP contribution in [0.2, 0.25) is 0 Å². The van der Waals surface area contributed by atoms with E-state index in [2.05, 4.69) is 0 Å². The summed E-state index contributed by atoms with van der Waals surface area (Å²) in [6, 6.07) is 0. The molecule has 2 atom stereocenters. The third kappa shape index (κ3) is 8.43. The molecule has 2 nitrogen and oxygen atoms in total. The fourth-order valence-electron chi connectivity index (χ4n) is 0.206. The van der Waals surface area contributed by atoms with E-state index >= 15 is 0 Å². The van der Waals surface area contributed by atoms with Gasteiger partial charge in [0.2, 0.25) is 7.59 Å². The van der Waals surface area contributed by atoms with Crippen LogP contribution >= 0.6 is 101 Å². The predicted octanol–water partition coefficient (Wildman–Crippen LogP) is 4.39. The summed E-state index contributed by atoms with van der Waals surface area (Å²) in [5, 5.41) is 18.5. The molecule has 0 spiro atoms. The van der Waals surface area contributed by atoms with E-state index in [0.717, 1.165) is 31.4 Å². The first kappa shape index (κ1) is 17.7. The Kier molecular flexibility index (Phi) is 8.66. The summed E-state index contributed by atoms with van der Waals surface area (Å²) < 4.78 is -3.60. The van der Waals surface area contributed by atoms with E-state index in [4.69, 9.17) is 69.6 Å². The highest BCUT2D eigenvalue weighted by Gasteiger charge is 2.34. The first-order chi connectivity index (χ1) is 6.55. The molecule has 0 aliphatic carbocycles. The molecule has 2 unspecified atom stereocenters. The van der Waals surface area contributed by atoms with Crippen molar-refractivity contribution >= 4 is 101 Å². The average molecular weight is 393 g/mol. The van der Waals surface area contributed by atoms with E-state index in [1.54, 1.807) is 0 Å². The molecule has 15 heavy (non-hydrogen) atoms. The number of halogens is 6. The minimum Gasteiger partial charge on any atom is -0.377 e. The molecule has 0 fully saturated rings. The van der Waals surface area contributed by atoms with Gasteiger partial charge in [0.15, 0.2) is 10.9 Å². The third-order valence-electron chi connectivity index (χ3n) is 0.821. The van der Waals surface area contributed by atoms with Gasteiger partial charge in [0, 0.05) is 0 Å². The van der Waals surface area contributed by atoms with Gasteiger partial charge < -0.3 is 10.2 Å². The van der Waals surface area contributed by atoms with Gasteiger partial charge in [-0.25, -0.2) is 0 Å². The van der Waals surface area contributed by atoms with E-state index in [-0.39, 0.29) is 0 Å². The molecule has 0 bridgehead atoms. The van der Waals surface area contributed by atoms with Crippen LogP contribution in [-0.2, 0) is 0 Å². The van der Waals surface area contributed by atoms with Gasteiger partial charge in [-0.05, 0) is 31.4 Å². The highest BCUT2D eigenvalue weighted by atomic mass is 35.6. The van der Waals surface area contributed by atoms with Crippen molar-refractivity contribution in [2.45, 2.75) is 18.5 Å². The number of hydrogen-bond donors (Lipinski definition) is 2. The van der Waals surface area contributed by atoms with Crippen LogP contribution in [0, 0.1) is 0 Å². The van der Waals surface area contributed by atoms with Gasteiger partial charge in [-0.15, -0.1) is 0 Å². The Hall–Kier alpha value is 2.71. The van der Waals surface area contributed by atoms with Crippen LogP contribution in [-0.4, -0.2) is 28.7 Å². The second-order valence-corrected chi connectivity index (χ2v) is 11.0. The van der Waals surface area contributed by atoms with Crippen molar-refractivity contribution in [3.63, 3.8) is 0 Å². The maximum Gasteiger partial charge on any atom is 0.226 e. The molecule has 0 heterocycles. The molecule has 0 aliphatic heterocycles. The molecule has 0 rings (SSSR count). The van der Waals surface area contributed by atoms with Crippen LogP contribution in [0.5, 0.6) is 0 Å². The zero-order chi connectivity index (χ0) is 12.3.